The lowest BCUT2D eigenvalue weighted by Crippen LogP contribution is -2.07. The van der Waals surface area contributed by atoms with Crippen molar-refractivity contribution in [3.05, 3.63) is 48.3 Å². The van der Waals surface area contributed by atoms with E-state index in [4.69, 9.17) is 0 Å². The van der Waals surface area contributed by atoms with Crippen LogP contribution in [0, 0.1) is 0 Å². The minimum absolute atomic E-state index is 0.881. The Morgan fingerprint density at radius 2 is 1.65 bits per heavy atom. The zero-order chi connectivity index (χ0) is 14.0. The molecular formula is C16H22N4. The molecule has 0 bridgehead atoms. The molecule has 0 saturated heterocycles. The van der Waals surface area contributed by atoms with E-state index in [1.54, 1.807) is 6.33 Å². The summed E-state index contributed by atoms with van der Waals surface area (Å²) in [6.07, 6.45) is 4.85. The Kier molecular flexibility index (Phi) is 5.83. The third-order valence-electron chi connectivity index (χ3n) is 3.01. The molecule has 20 heavy (non-hydrogen) atoms. The fourth-order valence-electron chi connectivity index (χ4n) is 1.96. The molecule has 0 radical (unpaired) electrons. The smallest absolute Gasteiger partial charge is 0.131 e. The van der Waals surface area contributed by atoms with Gasteiger partial charge in [0.25, 0.3) is 0 Å². The van der Waals surface area contributed by atoms with Gasteiger partial charge in [-0.05, 0) is 24.8 Å². The fraction of sp³-hybridized carbons (Fsp3) is 0.375. The molecule has 4 nitrogen and oxygen atoms in total. The number of hydrogen-bond acceptors (Lipinski definition) is 4. The van der Waals surface area contributed by atoms with E-state index in [-0.39, 0.29) is 0 Å². The predicted molar refractivity (Wildman–Crippen MR) is 84.1 cm³/mol. The highest BCUT2D eigenvalue weighted by Crippen LogP contribution is 2.09. The number of nitrogens with one attached hydrogen (secondary N) is 2. The summed E-state index contributed by atoms with van der Waals surface area (Å²) in [6.45, 7) is 3.99. The molecule has 2 N–H and O–H groups in total. The second kappa shape index (κ2) is 8.15. The predicted octanol–water partition coefficient (Wildman–Crippen LogP) is 3.34. The molecule has 0 saturated carbocycles. The lowest BCUT2D eigenvalue weighted by atomic mass is 10.1. The molecule has 2 rings (SSSR count). The van der Waals surface area contributed by atoms with Crippen LogP contribution in [0.3, 0.4) is 0 Å². The van der Waals surface area contributed by atoms with Crippen LogP contribution in [0.15, 0.2) is 42.7 Å². The van der Waals surface area contributed by atoms with Crippen molar-refractivity contribution >= 4 is 11.6 Å². The third-order valence-corrected chi connectivity index (χ3v) is 3.01. The molecule has 2 aromatic rings. The van der Waals surface area contributed by atoms with Crippen molar-refractivity contribution in [2.45, 2.75) is 26.2 Å². The molecule has 1 heterocycles. The van der Waals surface area contributed by atoms with E-state index >= 15 is 0 Å². The van der Waals surface area contributed by atoms with Gasteiger partial charge < -0.3 is 10.6 Å². The number of hydrogen-bond donors (Lipinski definition) is 2. The number of nitrogens with zero attached hydrogens (tertiary/aromatic N) is 2. The average Bonchev–Trinajstić information content (AvgIpc) is 2.51. The fourth-order valence-corrected chi connectivity index (χ4v) is 1.96. The van der Waals surface area contributed by atoms with Crippen LogP contribution >= 0.6 is 0 Å². The standard InChI is InChI=1S/C16H22N4/c1-2-10-17-15-12-16(20-13-19-15)18-11-6-9-14-7-4-3-5-8-14/h3-5,7-8,12-13H,2,6,9-11H2,1H3,(H2,17,18,19,20). The maximum Gasteiger partial charge on any atom is 0.131 e. The molecule has 0 atom stereocenters. The van der Waals surface area contributed by atoms with Gasteiger partial charge in [0.2, 0.25) is 0 Å². The second-order valence-electron chi connectivity index (χ2n) is 4.73. The summed E-state index contributed by atoms with van der Waals surface area (Å²) in [7, 11) is 0. The van der Waals surface area contributed by atoms with E-state index in [0.717, 1.165) is 44.0 Å². The van der Waals surface area contributed by atoms with Gasteiger partial charge in [0.1, 0.15) is 18.0 Å². The van der Waals surface area contributed by atoms with Gasteiger partial charge >= 0.3 is 0 Å². The van der Waals surface area contributed by atoms with Crippen LogP contribution in [-0.4, -0.2) is 23.1 Å². The molecule has 0 aliphatic rings. The van der Waals surface area contributed by atoms with Crippen molar-refractivity contribution in [1.29, 1.82) is 0 Å². The van der Waals surface area contributed by atoms with Crippen LogP contribution in [0.4, 0.5) is 11.6 Å². The van der Waals surface area contributed by atoms with Crippen molar-refractivity contribution in [3.63, 3.8) is 0 Å². The van der Waals surface area contributed by atoms with Gasteiger partial charge in [0.15, 0.2) is 0 Å². The average molecular weight is 270 g/mol. The Hall–Kier alpha value is -2.10. The first-order chi connectivity index (χ1) is 9.88. The van der Waals surface area contributed by atoms with Crippen molar-refractivity contribution < 1.29 is 0 Å². The monoisotopic (exact) mass is 270 g/mol. The third kappa shape index (κ3) is 4.88. The van der Waals surface area contributed by atoms with Crippen LogP contribution in [0.5, 0.6) is 0 Å². The molecule has 1 aromatic carbocycles. The summed E-state index contributed by atoms with van der Waals surface area (Å²) < 4.78 is 0. The lowest BCUT2D eigenvalue weighted by Gasteiger charge is -2.08. The minimum atomic E-state index is 0.881. The van der Waals surface area contributed by atoms with Crippen LogP contribution < -0.4 is 10.6 Å². The topological polar surface area (TPSA) is 49.8 Å². The number of rotatable bonds is 8. The Morgan fingerprint density at radius 1 is 0.950 bits per heavy atom. The van der Waals surface area contributed by atoms with E-state index < -0.39 is 0 Å². The maximum absolute atomic E-state index is 4.23. The van der Waals surface area contributed by atoms with Crippen molar-refractivity contribution in [2.75, 3.05) is 23.7 Å². The zero-order valence-corrected chi connectivity index (χ0v) is 12.0. The van der Waals surface area contributed by atoms with Crippen LogP contribution in [-0.2, 0) is 6.42 Å². The van der Waals surface area contributed by atoms with Gasteiger partial charge in [-0.3, -0.25) is 0 Å². The summed E-state index contributed by atoms with van der Waals surface area (Å²) in [5, 5.41) is 6.60. The molecule has 0 aliphatic carbocycles. The van der Waals surface area contributed by atoms with Crippen molar-refractivity contribution in [3.8, 4) is 0 Å². The van der Waals surface area contributed by atoms with Gasteiger partial charge in [-0.25, -0.2) is 9.97 Å². The van der Waals surface area contributed by atoms with E-state index in [2.05, 4.69) is 51.8 Å². The van der Waals surface area contributed by atoms with Crippen LogP contribution in [0.2, 0.25) is 0 Å². The minimum Gasteiger partial charge on any atom is -0.370 e. The summed E-state index contributed by atoms with van der Waals surface area (Å²) in [5.41, 5.74) is 1.38. The molecule has 4 heteroatoms. The van der Waals surface area contributed by atoms with Crippen molar-refractivity contribution in [2.24, 2.45) is 0 Å². The summed E-state index contributed by atoms with van der Waals surface area (Å²) in [6, 6.07) is 12.5. The van der Waals surface area contributed by atoms with Gasteiger partial charge in [-0.15, -0.1) is 0 Å². The Morgan fingerprint density at radius 3 is 2.35 bits per heavy atom. The van der Waals surface area contributed by atoms with E-state index in [9.17, 15) is 0 Å². The molecule has 1 aromatic heterocycles. The second-order valence-corrected chi connectivity index (χ2v) is 4.73. The number of aromatic nitrogens is 2. The first kappa shape index (κ1) is 14.3. The molecule has 106 valence electrons. The summed E-state index contributed by atoms with van der Waals surface area (Å²) >= 11 is 0. The van der Waals surface area contributed by atoms with E-state index in [1.165, 1.54) is 5.56 Å². The zero-order valence-electron chi connectivity index (χ0n) is 12.0. The highest BCUT2D eigenvalue weighted by molar-refractivity contribution is 5.46. The molecule has 0 unspecified atom stereocenters. The first-order valence-corrected chi connectivity index (χ1v) is 7.22. The Bertz CT molecular complexity index is 499. The van der Waals surface area contributed by atoms with E-state index in [1.807, 2.05) is 12.1 Å². The van der Waals surface area contributed by atoms with Gasteiger partial charge in [0, 0.05) is 19.2 Å². The Labute approximate surface area is 120 Å². The van der Waals surface area contributed by atoms with Gasteiger partial charge in [-0.1, -0.05) is 37.3 Å². The highest BCUT2D eigenvalue weighted by atomic mass is 15.1. The SMILES string of the molecule is CCCNc1cc(NCCCc2ccccc2)ncn1. The van der Waals surface area contributed by atoms with Gasteiger partial charge in [-0.2, -0.15) is 0 Å². The highest BCUT2D eigenvalue weighted by Gasteiger charge is 1.98. The molecular weight excluding hydrogens is 248 g/mol. The van der Waals surface area contributed by atoms with Gasteiger partial charge in [0.05, 0.1) is 0 Å². The van der Waals surface area contributed by atoms with Crippen LogP contribution in [0.1, 0.15) is 25.3 Å². The summed E-state index contributed by atoms with van der Waals surface area (Å²) in [4.78, 5) is 8.42. The molecule has 0 aliphatic heterocycles. The quantitative estimate of drug-likeness (QED) is 0.722. The largest absolute Gasteiger partial charge is 0.370 e. The number of aryl methyl sites for hydroxylation is 1. The summed E-state index contributed by atoms with van der Waals surface area (Å²) in [5.74, 6) is 1.76. The maximum atomic E-state index is 4.23. The molecule has 0 fully saturated rings. The first-order valence-electron chi connectivity index (χ1n) is 7.22. The molecule has 0 spiro atoms. The van der Waals surface area contributed by atoms with Crippen molar-refractivity contribution in [1.82, 2.24) is 9.97 Å². The number of benzene rings is 1. The normalized spacial score (nSPS) is 10.2. The number of anilines is 2. The Balaban J connectivity index is 1.73. The van der Waals surface area contributed by atoms with E-state index in [0.29, 0.717) is 0 Å². The lowest BCUT2D eigenvalue weighted by molar-refractivity contribution is 0.857. The van der Waals surface area contributed by atoms with Crippen LogP contribution in [0.25, 0.3) is 0 Å². The molecule has 0 amide bonds.